The number of hydrogen-bond acceptors (Lipinski definition) is 14. The number of piperidine rings is 1. The molecule has 8 rings (SSSR count). The Bertz CT molecular complexity index is 2380. The molecule has 5 N–H and O–H groups in total. The molecule has 1 saturated heterocycles. The predicted molar refractivity (Wildman–Crippen MR) is 208 cm³/mol. The molecule has 5 heterocycles. The third kappa shape index (κ3) is 8.44. The maximum Gasteiger partial charge on any atom is 0.264 e. The summed E-state index contributed by atoms with van der Waals surface area (Å²) in [6.07, 6.45) is 7.78. The second-order valence-electron chi connectivity index (χ2n) is 14.8. The van der Waals surface area contributed by atoms with E-state index in [0.29, 0.717) is 85.1 Å². The van der Waals surface area contributed by atoms with Crippen molar-refractivity contribution in [1.82, 2.24) is 40.6 Å². The number of aromatic nitrogens is 4. The summed E-state index contributed by atoms with van der Waals surface area (Å²) in [7, 11) is 0. The van der Waals surface area contributed by atoms with Crippen LogP contribution >= 0.6 is 0 Å². The number of amides is 6. The molecule has 0 unspecified atom stereocenters. The normalized spacial score (nSPS) is 19.8. The van der Waals surface area contributed by atoms with Crippen LogP contribution in [0.5, 0.6) is 0 Å². The first kappa shape index (κ1) is 39.1. The molecule has 1 atom stereocenters. The standard InChI is InChI=1S/C40H41N11O8/c41-18-22-14-24-20-46-51(35(24)45-19-22)32-17-30(47-25-4-5-25)28(21-44-32)37(54)48-26-15-23(16-26)36(53)43-9-11-59-13-12-58-10-8-42-29-3-1-2-27-34(29)40(57)50(39(27)56)31-6-7-33(52)49-38(31)55/h1-3,14,17,19-21,23,25-26,31,42H,4-13,15-16H2,(H,43,53)(H,44,47)(H,48,54)(H,49,52,55)/t23?,26?,31-/m1/s1. The van der Waals surface area contributed by atoms with E-state index in [-0.39, 0.29) is 60.4 Å². The number of nitrogens with one attached hydrogen (secondary N) is 5. The van der Waals surface area contributed by atoms with Crippen molar-refractivity contribution in [3.05, 3.63) is 71.2 Å². The summed E-state index contributed by atoms with van der Waals surface area (Å²) in [6.45, 7) is 1.84. The molecule has 304 valence electrons. The zero-order valence-electron chi connectivity index (χ0n) is 31.9. The largest absolute Gasteiger partial charge is 0.382 e. The molecular formula is C40H41N11O8. The summed E-state index contributed by atoms with van der Waals surface area (Å²) in [5.74, 6) is -2.37. The molecule has 1 aromatic carbocycles. The van der Waals surface area contributed by atoms with E-state index in [2.05, 4.69) is 47.7 Å². The highest BCUT2D eigenvalue weighted by Crippen LogP contribution is 2.33. The minimum atomic E-state index is -1.04. The molecule has 0 bridgehead atoms. The lowest BCUT2D eigenvalue weighted by Gasteiger charge is -2.34. The molecule has 3 fully saturated rings. The van der Waals surface area contributed by atoms with Crippen LogP contribution in [0.4, 0.5) is 11.4 Å². The van der Waals surface area contributed by atoms with Crippen LogP contribution in [0.25, 0.3) is 16.9 Å². The average molecular weight is 804 g/mol. The fourth-order valence-electron chi connectivity index (χ4n) is 7.30. The zero-order valence-corrected chi connectivity index (χ0v) is 31.9. The highest BCUT2D eigenvalue weighted by molar-refractivity contribution is 6.25. The van der Waals surface area contributed by atoms with Crippen molar-refractivity contribution in [3.63, 3.8) is 0 Å². The van der Waals surface area contributed by atoms with Crippen molar-refractivity contribution < 1.29 is 38.2 Å². The molecule has 4 aliphatic rings. The molecule has 2 aliphatic carbocycles. The van der Waals surface area contributed by atoms with Gasteiger partial charge in [0.15, 0.2) is 11.5 Å². The van der Waals surface area contributed by atoms with Gasteiger partial charge in [0.1, 0.15) is 12.1 Å². The molecule has 19 heteroatoms. The van der Waals surface area contributed by atoms with Gasteiger partial charge < -0.3 is 30.7 Å². The van der Waals surface area contributed by atoms with Crippen molar-refractivity contribution in [3.8, 4) is 11.9 Å². The monoisotopic (exact) mass is 803 g/mol. The number of carbonyl (C=O) groups excluding carboxylic acids is 6. The second-order valence-corrected chi connectivity index (χ2v) is 14.8. The Labute approximate surface area is 337 Å². The van der Waals surface area contributed by atoms with Crippen LogP contribution in [0.1, 0.15) is 75.2 Å². The number of imide groups is 2. The van der Waals surface area contributed by atoms with Gasteiger partial charge in [-0.3, -0.25) is 39.0 Å². The van der Waals surface area contributed by atoms with Crippen molar-refractivity contribution in [2.24, 2.45) is 5.92 Å². The van der Waals surface area contributed by atoms with Gasteiger partial charge in [0.25, 0.3) is 17.7 Å². The zero-order chi connectivity index (χ0) is 41.0. The lowest BCUT2D eigenvalue weighted by atomic mass is 9.79. The number of benzene rings is 1. The number of nitrogens with zero attached hydrogens (tertiary/aromatic N) is 6. The highest BCUT2D eigenvalue weighted by atomic mass is 16.5. The van der Waals surface area contributed by atoms with Crippen molar-refractivity contribution in [2.75, 3.05) is 50.2 Å². The number of anilines is 2. The van der Waals surface area contributed by atoms with E-state index in [1.807, 2.05) is 0 Å². The Kier molecular flexibility index (Phi) is 11.2. The number of ether oxygens (including phenoxy) is 2. The molecule has 19 nitrogen and oxygen atoms in total. The molecule has 0 spiro atoms. The van der Waals surface area contributed by atoms with E-state index >= 15 is 0 Å². The summed E-state index contributed by atoms with van der Waals surface area (Å²) < 4.78 is 12.8. The Balaban J connectivity index is 0.713. The van der Waals surface area contributed by atoms with Crippen LogP contribution < -0.4 is 26.6 Å². The minimum absolute atomic E-state index is 0.0461. The summed E-state index contributed by atoms with van der Waals surface area (Å²) >= 11 is 0. The van der Waals surface area contributed by atoms with Crippen LogP contribution in [0.15, 0.2) is 48.9 Å². The van der Waals surface area contributed by atoms with Gasteiger partial charge in [-0.2, -0.15) is 15.0 Å². The first-order chi connectivity index (χ1) is 28.7. The number of rotatable bonds is 17. The van der Waals surface area contributed by atoms with Crippen LogP contribution in [-0.2, 0) is 23.9 Å². The summed E-state index contributed by atoms with van der Waals surface area (Å²) in [4.78, 5) is 86.0. The Morgan fingerprint density at radius 2 is 1.69 bits per heavy atom. The van der Waals surface area contributed by atoms with Gasteiger partial charge in [-0.05, 0) is 50.3 Å². The predicted octanol–water partition coefficient (Wildman–Crippen LogP) is 1.43. The van der Waals surface area contributed by atoms with E-state index in [1.54, 1.807) is 35.1 Å². The quantitative estimate of drug-likeness (QED) is 0.0749. The van der Waals surface area contributed by atoms with Gasteiger partial charge in [0.2, 0.25) is 17.7 Å². The van der Waals surface area contributed by atoms with Crippen molar-refractivity contribution in [2.45, 2.75) is 56.7 Å². The molecule has 0 radical (unpaired) electrons. The highest BCUT2D eigenvalue weighted by Gasteiger charge is 2.45. The van der Waals surface area contributed by atoms with E-state index in [9.17, 15) is 34.0 Å². The van der Waals surface area contributed by atoms with Crippen LogP contribution in [-0.4, -0.2) is 118 Å². The molecule has 6 amide bonds. The number of fused-ring (bicyclic) bond motifs is 2. The SMILES string of the molecule is N#Cc1cnc2c(cnn2-c2cc(NC3CC3)c(C(=O)NC3CC(C(=O)NCCOCCOCCNc4cccc5c4C(=O)N([C@@H]4CCC(=O)NC4=O)C5=O)C3)cn2)c1. The summed E-state index contributed by atoms with van der Waals surface area (Å²) in [5.41, 5.74) is 2.83. The summed E-state index contributed by atoms with van der Waals surface area (Å²) in [6, 6.07) is 9.49. The van der Waals surface area contributed by atoms with Crippen LogP contribution in [0.3, 0.4) is 0 Å². The van der Waals surface area contributed by atoms with Crippen molar-refractivity contribution in [1.29, 1.82) is 5.26 Å². The first-order valence-corrected chi connectivity index (χ1v) is 19.5. The molecule has 2 aliphatic heterocycles. The summed E-state index contributed by atoms with van der Waals surface area (Å²) in [5, 5.41) is 28.9. The second kappa shape index (κ2) is 17.0. The lowest BCUT2D eigenvalue weighted by molar-refractivity contribution is -0.136. The Morgan fingerprint density at radius 3 is 2.46 bits per heavy atom. The molecule has 4 aromatic rings. The van der Waals surface area contributed by atoms with Gasteiger partial charge in [0.05, 0.1) is 60.6 Å². The van der Waals surface area contributed by atoms with E-state index in [0.717, 1.165) is 17.7 Å². The van der Waals surface area contributed by atoms with E-state index in [1.165, 1.54) is 18.5 Å². The maximum absolute atomic E-state index is 13.4. The number of nitriles is 1. The van der Waals surface area contributed by atoms with Gasteiger partial charge in [-0.15, -0.1) is 0 Å². The lowest BCUT2D eigenvalue weighted by Crippen LogP contribution is -2.54. The van der Waals surface area contributed by atoms with Gasteiger partial charge in [-0.1, -0.05) is 6.07 Å². The fourth-order valence-corrected chi connectivity index (χ4v) is 7.30. The average Bonchev–Trinajstić information content (AvgIpc) is 3.87. The van der Waals surface area contributed by atoms with E-state index < -0.39 is 29.7 Å². The smallest absolute Gasteiger partial charge is 0.264 e. The third-order valence-corrected chi connectivity index (χ3v) is 10.6. The van der Waals surface area contributed by atoms with Gasteiger partial charge in [0, 0.05) is 67.0 Å². The molecule has 3 aromatic heterocycles. The first-order valence-electron chi connectivity index (χ1n) is 19.5. The fraction of sp³-hybridized carbons (Fsp3) is 0.400. The van der Waals surface area contributed by atoms with Crippen LogP contribution in [0, 0.1) is 17.2 Å². The number of carbonyl (C=O) groups is 6. The molecule has 2 saturated carbocycles. The van der Waals surface area contributed by atoms with Gasteiger partial charge >= 0.3 is 0 Å². The Hall–Kier alpha value is -6.78. The molecule has 59 heavy (non-hydrogen) atoms. The Morgan fingerprint density at radius 1 is 0.898 bits per heavy atom. The third-order valence-electron chi connectivity index (χ3n) is 10.6. The number of pyridine rings is 2. The topological polar surface area (TPSA) is 252 Å². The van der Waals surface area contributed by atoms with Crippen molar-refractivity contribution >= 4 is 57.9 Å². The van der Waals surface area contributed by atoms with Crippen LogP contribution in [0.2, 0.25) is 0 Å². The minimum Gasteiger partial charge on any atom is -0.382 e. The van der Waals surface area contributed by atoms with E-state index in [4.69, 9.17) is 9.47 Å². The van der Waals surface area contributed by atoms with Gasteiger partial charge in [-0.25, -0.2) is 9.97 Å². The molecular weight excluding hydrogens is 763 g/mol. The maximum atomic E-state index is 13.4. The number of hydrogen-bond donors (Lipinski definition) is 5.